The third kappa shape index (κ3) is 5.59. The van der Waals surface area contributed by atoms with Crippen LogP contribution in [0.4, 0.5) is 0 Å². The minimum absolute atomic E-state index is 0.191. The van der Waals surface area contributed by atoms with E-state index in [4.69, 9.17) is 16.3 Å². The van der Waals surface area contributed by atoms with E-state index in [0.29, 0.717) is 18.0 Å². The summed E-state index contributed by atoms with van der Waals surface area (Å²) in [5, 5.41) is 0.717. The van der Waals surface area contributed by atoms with E-state index in [2.05, 4.69) is 17.1 Å². The fourth-order valence-corrected chi connectivity index (χ4v) is 3.34. The molecule has 0 N–H and O–H groups in total. The van der Waals surface area contributed by atoms with Crippen LogP contribution in [0.5, 0.6) is 5.75 Å². The molecule has 2 aromatic rings. The number of hydrogen-bond donors (Lipinski definition) is 0. The van der Waals surface area contributed by atoms with Crippen molar-refractivity contribution < 1.29 is 9.53 Å². The van der Waals surface area contributed by atoms with E-state index >= 15 is 0 Å². The maximum Gasteiger partial charge on any atom is 0.224 e. The fraction of sp³-hybridized carbons (Fsp3) is 0.318. The summed E-state index contributed by atoms with van der Waals surface area (Å²) in [7, 11) is 1.67. The molecule has 1 fully saturated rings. The number of hydrogen-bond acceptors (Lipinski definition) is 3. The molecule has 1 heterocycles. The lowest BCUT2D eigenvalue weighted by Crippen LogP contribution is -2.33. The van der Waals surface area contributed by atoms with Crippen LogP contribution in [-0.4, -0.2) is 49.0 Å². The first-order chi connectivity index (χ1) is 13.2. The normalized spacial score (nSPS) is 15.9. The molecule has 0 bridgehead atoms. The van der Waals surface area contributed by atoms with Gasteiger partial charge in [-0.2, -0.15) is 0 Å². The van der Waals surface area contributed by atoms with Gasteiger partial charge in [0, 0.05) is 44.2 Å². The van der Waals surface area contributed by atoms with Gasteiger partial charge >= 0.3 is 0 Å². The maximum atomic E-state index is 12.5. The Morgan fingerprint density at radius 2 is 1.85 bits per heavy atom. The predicted molar refractivity (Wildman–Crippen MR) is 110 cm³/mol. The lowest BCUT2D eigenvalue weighted by atomic mass is 10.2. The molecule has 2 aromatic carbocycles. The van der Waals surface area contributed by atoms with Gasteiger partial charge in [0.05, 0.1) is 7.11 Å². The van der Waals surface area contributed by atoms with Gasteiger partial charge in [-0.25, -0.2) is 0 Å². The fourth-order valence-electron chi connectivity index (χ4n) is 3.15. The standard InChI is InChI=1S/C22H25ClN2O2/c1-27-20-10-8-18(9-11-20)5-4-13-24-14-12-22(26)25(16-15-24)17-19-6-2-3-7-21(19)23/h2-11H,12-17H2,1H3/b5-4+. The number of nitrogens with zero attached hydrogens (tertiary/aromatic N) is 2. The maximum absolute atomic E-state index is 12.5. The van der Waals surface area contributed by atoms with Crippen molar-refractivity contribution in [3.63, 3.8) is 0 Å². The van der Waals surface area contributed by atoms with Gasteiger partial charge in [-0.15, -0.1) is 0 Å². The number of methoxy groups -OCH3 is 1. The zero-order valence-corrected chi connectivity index (χ0v) is 16.4. The third-order valence-corrected chi connectivity index (χ3v) is 5.16. The smallest absolute Gasteiger partial charge is 0.224 e. The molecule has 1 amide bonds. The minimum Gasteiger partial charge on any atom is -0.497 e. The zero-order chi connectivity index (χ0) is 19.1. The van der Waals surface area contributed by atoms with Crippen molar-refractivity contribution in [1.29, 1.82) is 0 Å². The molecule has 0 atom stereocenters. The van der Waals surface area contributed by atoms with E-state index in [1.54, 1.807) is 7.11 Å². The summed E-state index contributed by atoms with van der Waals surface area (Å²) in [5.74, 6) is 1.05. The largest absolute Gasteiger partial charge is 0.497 e. The summed E-state index contributed by atoms with van der Waals surface area (Å²) in [6.07, 6.45) is 4.80. The molecule has 0 aliphatic carbocycles. The Kier molecular flexibility index (Phi) is 6.91. The number of halogens is 1. The van der Waals surface area contributed by atoms with Gasteiger partial charge < -0.3 is 9.64 Å². The molecule has 0 spiro atoms. The number of benzene rings is 2. The number of carbonyl (C=O) groups is 1. The minimum atomic E-state index is 0.191. The van der Waals surface area contributed by atoms with Crippen LogP contribution in [0.25, 0.3) is 6.08 Å². The van der Waals surface area contributed by atoms with E-state index in [1.807, 2.05) is 53.4 Å². The van der Waals surface area contributed by atoms with E-state index in [9.17, 15) is 4.79 Å². The topological polar surface area (TPSA) is 32.8 Å². The summed E-state index contributed by atoms with van der Waals surface area (Å²) < 4.78 is 5.18. The number of rotatable bonds is 6. The second kappa shape index (κ2) is 9.58. The molecular formula is C22H25ClN2O2. The van der Waals surface area contributed by atoms with Crippen LogP contribution in [0.2, 0.25) is 5.02 Å². The van der Waals surface area contributed by atoms with Crippen LogP contribution in [-0.2, 0) is 11.3 Å². The molecule has 5 heteroatoms. The number of ether oxygens (including phenoxy) is 1. The highest BCUT2D eigenvalue weighted by Gasteiger charge is 2.20. The van der Waals surface area contributed by atoms with Crippen molar-refractivity contribution in [1.82, 2.24) is 9.80 Å². The highest BCUT2D eigenvalue weighted by atomic mass is 35.5. The number of amides is 1. The van der Waals surface area contributed by atoms with Crippen molar-refractivity contribution in [3.05, 3.63) is 70.8 Å². The van der Waals surface area contributed by atoms with Crippen molar-refractivity contribution >= 4 is 23.6 Å². The Morgan fingerprint density at radius 3 is 2.59 bits per heavy atom. The zero-order valence-electron chi connectivity index (χ0n) is 15.6. The summed E-state index contributed by atoms with van der Waals surface area (Å²) in [4.78, 5) is 16.7. The molecule has 1 saturated heterocycles. The van der Waals surface area contributed by atoms with Gasteiger partial charge in [0.25, 0.3) is 0 Å². The molecular weight excluding hydrogens is 360 g/mol. The Morgan fingerprint density at radius 1 is 1.07 bits per heavy atom. The van der Waals surface area contributed by atoms with Crippen LogP contribution in [0.15, 0.2) is 54.6 Å². The van der Waals surface area contributed by atoms with Gasteiger partial charge in [-0.3, -0.25) is 9.69 Å². The first-order valence-corrected chi connectivity index (χ1v) is 9.57. The Bertz CT molecular complexity index is 789. The van der Waals surface area contributed by atoms with E-state index in [0.717, 1.165) is 43.1 Å². The summed E-state index contributed by atoms with van der Waals surface area (Å²) >= 11 is 6.24. The lowest BCUT2D eigenvalue weighted by Gasteiger charge is -2.22. The molecule has 27 heavy (non-hydrogen) atoms. The average Bonchev–Trinajstić information content (AvgIpc) is 2.86. The van der Waals surface area contributed by atoms with Gasteiger partial charge in [0.1, 0.15) is 5.75 Å². The molecule has 0 unspecified atom stereocenters. The van der Waals surface area contributed by atoms with Crippen LogP contribution < -0.4 is 4.74 Å². The van der Waals surface area contributed by atoms with Crippen molar-refractivity contribution in [2.75, 3.05) is 33.3 Å². The van der Waals surface area contributed by atoms with Gasteiger partial charge in [0.2, 0.25) is 5.91 Å². The molecule has 0 aromatic heterocycles. The van der Waals surface area contributed by atoms with E-state index in [-0.39, 0.29) is 5.91 Å². The van der Waals surface area contributed by atoms with Gasteiger partial charge in [-0.1, -0.05) is 54.1 Å². The highest BCUT2D eigenvalue weighted by Crippen LogP contribution is 2.18. The molecule has 1 aliphatic heterocycles. The molecule has 0 saturated carbocycles. The molecule has 142 valence electrons. The molecule has 0 radical (unpaired) electrons. The quantitative estimate of drug-likeness (QED) is 0.751. The Hall–Kier alpha value is -2.30. The molecule has 4 nitrogen and oxygen atoms in total. The van der Waals surface area contributed by atoms with Crippen LogP contribution in [0.3, 0.4) is 0 Å². The molecule has 1 aliphatic rings. The number of carbonyl (C=O) groups excluding carboxylic acids is 1. The second-order valence-electron chi connectivity index (χ2n) is 6.63. The SMILES string of the molecule is COc1ccc(/C=C/CN2CCC(=O)N(Cc3ccccc3Cl)CC2)cc1. The van der Waals surface area contributed by atoms with Crippen molar-refractivity contribution in [2.45, 2.75) is 13.0 Å². The monoisotopic (exact) mass is 384 g/mol. The van der Waals surface area contributed by atoms with Gasteiger partial charge in [0.15, 0.2) is 0 Å². The summed E-state index contributed by atoms with van der Waals surface area (Å²) in [5.41, 5.74) is 2.14. The Balaban J connectivity index is 1.53. The lowest BCUT2D eigenvalue weighted by molar-refractivity contribution is -0.130. The summed E-state index contributed by atoms with van der Waals surface area (Å²) in [6, 6.07) is 15.7. The van der Waals surface area contributed by atoms with Crippen molar-refractivity contribution in [3.8, 4) is 5.75 Å². The van der Waals surface area contributed by atoms with Crippen LogP contribution >= 0.6 is 11.6 Å². The van der Waals surface area contributed by atoms with Crippen molar-refractivity contribution in [2.24, 2.45) is 0 Å². The van der Waals surface area contributed by atoms with Crippen LogP contribution in [0, 0.1) is 0 Å². The van der Waals surface area contributed by atoms with Crippen LogP contribution in [0.1, 0.15) is 17.5 Å². The third-order valence-electron chi connectivity index (χ3n) is 4.79. The second-order valence-corrected chi connectivity index (χ2v) is 7.04. The van der Waals surface area contributed by atoms with Gasteiger partial charge in [-0.05, 0) is 29.3 Å². The predicted octanol–water partition coefficient (Wildman–Crippen LogP) is 4.10. The highest BCUT2D eigenvalue weighted by molar-refractivity contribution is 6.31. The van der Waals surface area contributed by atoms with E-state index < -0.39 is 0 Å². The van der Waals surface area contributed by atoms with E-state index in [1.165, 1.54) is 0 Å². The Labute approximate surface area is 166 Å². The average molecular weight is 385 g/mol. The first-order valence-electron chi connectivity index (χ1n) is 9.20. The summed E-state index contributed by atoms with van der Waals surface area (Å²) in [6.45, 7) is 3.78. The molecule has 3 rings (SSSR count). The first kappa shape index (κ1) is 19.5.